The van der Waals surface area contributed by atoms with Crippen molar-refractivity contribution in [3.63, 3.8) is 0 Å². The first-order valence-electron chi connectivity index (χ1n) is 8.94. The Kier molecular flexibility index (Phi) is 5.74. The molecule has 1 heteroatoms. The van der Waals surface area contributed by atoms with E-state index in [0.717, 1.165) is 17.9 Å². The van der Waals surface area contributed by atoms with Crippen LogP contribution in [0.2, 0.25) is 0 Å². The molecule has 0 aromatic rings. The first kappa shape index (κ1) is 15.4. The quantitative estimate of drug-likeness (QED) is 0.700. The summed E-state index contributed by atoms with van der Waals surface area (Å²) in [5.41, 5.74) is 0.588. The van der Waals surface area contributed by atoms with Gasteiger partial charge in [0.2, 0.25) is 0 Å². The highest BCUT2D eigenvalue weighted by atomic mass is 14.9. The number of hydrogen-bond acceptors (Lipinski definition) is 1. The summed E-state index contributed by atoms with van der Waals surface area (Å²) >= 11 is 0. The van der Waals surface area contributed by atoms with Gasteiger partial charge in [-0.3, -0.25) is 0 Å². The highest BCUT2D eigenvalue weighted by Crippen LogP contribution is 2.47. The minimum absolute atomic E-state index is 0.588. The average molecular weight is 265 g/mol. The molecule has 2 aliphatic carbocycles. The average Bonchev–Trinajstić information content (AvgIpc) is 2.87. The van der Waals surface area contributed by atoms with Crippen molar-refractivity contribution in [3.05, 3.63) is 0 Å². The molecular formula is C18H35N. The smallest absolute Gasteiger partial charge is 0.0152 e. The number of hydrogen-bond donors (Lipinski definition) is 1. The lowest BCUT2D eigenvalue weighted by atomic mass is 9.65. The van der Waals surface area contributed by atoms with E-state index in [9.17, 15) is 0 Å². The second-order valence-electron chi connectivity index (χ2n) is 7.41. The van der Waals surface area contributed by atoms with Crippen molar-refractivity contribution in [1.82, 2.24) is 5.32 Å². The van der Waals surface area contributed by atoms with Crippen LogP contribution in [0.25, 0.3) is 0 Å². The van der Waals surface area contributed by atoms with E-state index in [1.807, 2.05) is 0 Å². The minimum Gasteiger partial charge on any atom is -0.313 e. The third-order valence-corrected chi connectivity index (χ3v) is 6.03. The molecule has 19 heavy (non-hydrogen) atoms. The van der Waals surface area contributed by atoms with Crippen LogP contribution >= 0.6 is 0 Å². The molecule has 0 spiro atoms. The Bertz CT molecular complexity index is 254. The molecule has 0 radical (unpaired) electrons. The normalized spacial score (nSPS) is 32.4. The minimum atomic E-state index is 0.588. The zero-order valence-electron chi connectivity index (χ0n) is 13.5. The van der Waals surface area contributed by atoms with Gasteiger partial charge in [0.25, 0.3) is 0 Å². The monoisotopic (exact) mass is 265 g/mol. The molecule has 3 atom stereocenters. The predicted molar refractivity (Wildman–Crippen MR) is 84.4 cm³/mol. The molecule has 0 aliphatic heterocycles. The SMILES string of the molecule is CCCNC(C1CCCCC1CC)C1(C)CCCC1. The van der Waals surface area contributed by atoms with Gasteiger partial charge >= 0.3 is 0 Å². The fraction of sp³-hybridized carbons (Fsp3) is 1.00. The zero-order valence-corrected chi connectivity index (χ0v) is 13.5. The molecule has 2 fully saturated rings. The van der Waals surface area contributed by atoms with Gasteiger partial charge in [-0.2, -0.15) is 0 Å². The molecule has 0 aromatic carbocycles. The van der Waals surface area contributed by atoms with Gasteiger partial charge in [0, 0.05) is 6.04 Å². The molecule has 1 nitrogen and oxygen atoms in total. The van der Waals surface area contributed by atoms with Crippen LogP contribution < -0.4 is 5.32 Å². The molecule has 0 heterocycles. The van der Waals surface area contributed by atoms with Crippen LogP contribution in [0.5, 0.6) is 0 Å². The Balaban J connectivity index is 2.10. The van der Waals surface area contributed by atoms with Crippen LogP contribution in [0.1, 0.15) is 85.0 Å². The van der Waals surface area contributed by atoms with E-state index in [0.29, 0.717) is 5.41 Å². The molecule has 0 bridgehead atoms. The summed E-state index contributed by atoms with van der Waals surface area (Å²) in [6, 6.07) is 0.792. The second kappa shape index (κ2) is 7.11. The molecule has 3 unspecified atom stereocenters. The van der Waals surface area contributed by atoms with E-state index in [-0.39, 0.29) is 0 Å². The molecule has 112 valence electrons. The Morgan fingerprint density at radius 3 is 2.37 bits per heavy atom. The van der Waals surface area contributed by atoms with E-state index in [1.165, 1.54) is 70.8 Å². The maximum Gasteiger partial charge on any atom is 0.0152 e. The van der Waals surface area contributed by atoms with Crippen LogP contribution in [-0.2, 0) is 0 Å². The first-order chi connectivity index (χ1) is 9.21. The fourth-order valence-corrected chi connectivity index (χ4v) is 4.89. The second-order valence-corrected chi connectivity index (χ2v) is 7.41. The van der Waals surface area contributed by atoms with Gasteiger partial charge in [-0.15, -0.1) is 0 Å². The largest absolute Gasteiger partial charge is 0.313 e. The standard InChI is InChI=1S/C18H35N/c1-4-14-19-17(18(3)12-8-9-13-18)16-11-7-6-10-15(16)5-2/h15-17,19H,4-14H2,1-3H3. The summed E-state index contributed by atoms with van der Waals surface area (Å²) < 4.78 is 0. The molecular weight excluding hydrogens is 230 g/mol. The van der Waals surface area contributed by atoms with Crippen molar-refractivity contribution in [2.24, 2.45) is 17.3 Å². The topological polar surface area (TPSA) is 12.0 Å². The molecule has 1 N–H and O–H groups in total. The Hall–Kier alpha value is -0.0400. The highest BCUT2D eigenvalue weighted by molar-refractivity contribution is 4.97. The lowest BCUT2D eigenvalue weighted by Gasteiger charge is -2.45. The summed E-state index contributed by atoms with van der Waals surface area (Å²) in [5, 5.41) is 3.99. The van der Waals surface area contributed by atoms with Crippen LogP contribution in [0.3, 0.4) is 0 Å². The van der Waals surface area contributed by atoms with E-state index in [1.54, 1.807) is 0 Å². The number of nitrogens with one attached hydrogen (secondary N) is 1. The molecule has 2 saturated carbocycles. The van der Waals surface area contributed by atoms with Crippen molar-refractivity contribution < 1.29 is 0 Å². The van der Waals surface area contributed by atoms with Crippen LogP contribution in [0.4, 0.5) is 0 Å². The van der Waals surface area contributed by atoms with Crippen molar-refractivity contribution in [2.45, 2.75) is 91.0 Å². The third kappa shape index (κ3) is 3.54. The first-order valence-corrected chi connectivity index (χ1v) is 8.94. The van der Waals surface area contributed by atoms with E-state index in [4.69, 9.17) is 0 Å². The van der Waals surface area contributed by atoms with E-state index in [2.05, 4.69) is 26.1 Å². The van der Waals surface area contributed by atoms with Crippen molar-refractivity contribution in [2.75, 3.05) is 6.54 Å². The van der Waals surface area contributed by atoms with Crippen molar-refractivity contribution >= 4 is 0 Å². The summed E-state index contributed by atoms with van der Waals surface area (Å²) in [4.78, 5) is 0. The molecule has 2 rings (SSSR count). The van der Waals surface area contributed by atoms with Gasteiger partial charge in [0.1, 0.15) is 0 Å². The Labute approximate surface area is 120 Å². The Morgan fingerprint density at radius 1 is 1.05 bits per heavy atom. The van der Waals surface area contributed by atoms with Crippen LogP contribution in [0.15, 0.2) is 0 Å². The predicted octanol–water partition coefficient (Wildman–Crippen LogP) is 5.15. The molecule has 0 amide bonds. The lowest BCUT2D eigenvalue weighted by molar-refractivity contribution is 0.0865. The van der Waals surface area contributed by atoms with Gasteiger partial charge in [-0.1, -0.05) is 59.3 Å². The maximum atomic E-state index is 3.99. The third-order valence-electron chi connectivity index (χ3n) is 6.03. The summed E-state index contributed by atoms with van der Waals surface area (Å²) in [5.74, 6) is 1.94. The molecule has 0 saturated heterocycles. The zero-order chi connectivity index (χ0) is 13.7. The highest BCUT2D eigenvalue weighted by Gasteiger charge is 2.43. The van der Waals surface area contributed by atoms with Gasteiger partial charge in [-0.25, -0.2) is 0 Å². The van der Waals surface area contributed by atoms with Gasteiger partial charge in [-0.05, 0) is 49.5 Å². The molecule has 2 aliphatic rings. The number of rotatable bonds is 6. The van der Waals surface area contributed by atoms with Crippen molar-refractivity contribution in [3.8, 4) is 0 Å². The Morgan fingerprint density at radius 2 is 1.74 bits per heavy atom. The summed E-state index contributed by atoms with van der Waals surface area (Å²) in [6.07, 6.45) is 14.4. The summed E-state index contributed by atoms with van der Waals surface area (Å²) in [6.45, 7) is 8.51. The summed E-state index contributed by atoms with van der Waals surface area (Å²) in [7, 11) is 0. The van der Waals surface area contributed by atoms with Gasteiger partial charge in [0.05, 0.1) is 0 Å². The van der Waals surface area contributed by atoms with Crippen LogP contribution in [0, 0.1) is 17.3 Å². The van der Waals surface area contributed by atoms with E-state index < -0.39 is 0 Å². The van der Waals surface area contributed by atoms with Gasteiger partial charge < -0.3 is 5.32 Å². The maximum absolute atomic E-state index is 3.99. The van der Waals surface area contributed by atoms with Gasteiger partial charge in [0.15, 0.2) is 0 Å². The van der Waals surface area contributed by atoms with Crippen molar-refractivity contribution in [1.29, 1.82) is 0 Å². The van der Waals surface area contributed by atoms with E-state index >= 15 is 0 Å². The van der Waals surface area contributed by atoms with Crippen LogP contribution in [-0.4, -0.2) is 12.6 Å². The fourth-order valence-electron chi connectivity index (χ4n) is 4.89. The lowest BCUT2D eigenvalue weighted by Crippen LogP contribution is -2.50. The molecule has 0 aromatic heterocycles.